The first-order chi connectivity index (χ1) is 9.12. The summed E-state index contributed by atoms with van der Waals surface area (Å²) in [6.45, 7) is 4.23. The number of ether oxygens (including phenoxy) is 2. The zero-order valence-corrected chi connectivity index (χ0v) is 13.1. The van der Waals surface area contributed by atoms with Crippen LogP contribution in [-0.4, -0.2) is 25.7 Å². The lowest BCUT2D eigenvalue weighted by molar-refractivity contribution is -0.144. The number of rotatable bonds is 7. The van der Waals surface area contributed by atoms with Crippen molar-refractivity contribution < 1.29 is 14.3 Å². The fourth-order valence-corrected chi connectivity index (χ4v) is 2.07. The molecule has 0 saturated heterocycles. The van der Waals surface area contributed by atoms with Crippen molar-refractivity contribution in [2.24, 2.45) is 0 Å². The molecule has 0 saturated carbocycles. The summed E-state index contributed by atoms with van der Waals surface area (Å²) in [6, 6.07) is 5.25. The minimum absolute atomic E-state index is 0.223. The van der Waals surface area contributed by atoms with Gasteiger partial charge in [0.1, 0.15) is 11.8 Å². The molecule has 1 N–H and O–H groups in total. The Morgan fingerprint density at radius 2 is 2.16 bits per heavy atom. The monoisotopic (exact) mass is 329 g/mol. The molecule has 0 spiro atoms. The highest BCUT2D eigenvalue weighted by molar-refractivity contribution is 9.10. The second-order valence-corrected chi connectivity index (χ2v) is 4.94. The normalized spacial score (nSPS) is 11.8. The maximum Gasteiger partial charge on any atom is 0.328 e. The zero-order chi connectivity index (χ0) is 14.3. The second kappa shape index (κ2) is 8.04. The number of halogens is 1. The van der Waals surface area contributed by atoms with Gasteiger partial charge in [0.05, 0.1) is 19.4 Å². The number of esters is 1. The summed E-state index contributed by atoms with van der Waals surface area (Å²) < 4.78 is 11.1. The van der Waals surface area contributed by atoms with Gasteiger partial charge in [-0.2, -0.15) is 0 Å². The predicted molar refractivity (Wildman–Crippen MR) is 79.6 cm³/mol. The largest absolute Gasteiger partial charge is 0.497 e. The van der Waals surface area contributed by atoms with Crippen molar-refractivity contribution >= 4 is 27.6 Å². The first-order valence-electron chi connectivity index (χ1n) is 6.39. The van der Waals surface area contributed by atoms with Crippen molar-refractivity contribution in [3.05, 3.63) is 22.7 Å². The van der Waals surface area contributed by atoms with Gasteiger partial charge in [0, 0.05) is 10.5 Å². The molecular formula is C14H20BrNO3. The number of hydrogen-bond donors (Lipinski definition) is 1. The average molecular weight is 330 g/mol. The molecule has 1 aromatic carbocycles. The van der Waals surface area contributed by atoms with E-state index in [2.05, 4.69) is 21.2 Å². The Morgan fingerprint density at radius 3 is 2.74 bits per heavy atom. The number of hydrogen-bond acceptors (Lipinski definition) is 4. The molecule has 1 atom stereocenters. The standard InChI is InChI=1S/C14H20BrNO3/c1-4-6-12(14(17)19-5-2)16-13-9-10(18-3)7-8-11(13)15/h7-9,12,16H,4-6H2,1-3H3. The van der Waals surface area contributed by atoms with Crippen LogP contribution in [0.2, 0.25) is 0 Å². The number of methoxy groups -OCH3 is 1. The third-order valence-electron chi connectivity index (χ3n) is 2.65. The van der Waals surface area contributed by atoms with E-state index in [9.17, 15) is 4.79 Å². The molecule has 1 unspecified atom stereocenters. The third kappa shape index (κ3) is 4.74. The maximum atomic E-state index is 11.9. The fraction of sp³-hybridized carbons (Fsp3) is 0.500. The molecule has 0 heterocycles. The van der Waals surface area contributed by atoms with Crippen LogP contribution in [0.1, 0.15) is 26.7 Å². The number of nitrogens with one attached hydrogen (secondary N) is 1. The molecule has 4 nitrogen and oxygen atoms in total. The van der Waals surface area contributed by atoms with Crippen LogP contribution in [-0.2, 0) is 9.53 Å². The van der Waals surface area contributed by atoms with Crippen molar-refractivity contribution in [2.75, 3.05) is 19.0 Å². The lowest BCUT2D eigenvalue weighted by Gasteiger charge is -2.19. The van der Waals surface area contributed by atoms with Crippen LogP contribution in [0.4, 0.5) is 5.69 Å². The van der Waals surface area contributed by atoms with Crippen LogP contribution in [0.3, 0.4) is 0 Å². The molecule has 1 rings (SSSR count). The van der Waals surface area contributed by atoms with Gasteiger partial charge in [-0.05, 0) is 41.4 Å². The van der Waals surface area contributed by atoms with Gasteiger partial charge in [0.25, 0.3) is 0 Å². The molecule has 0 radical (unpaired) electrons. The van der Waals surface area contributed by atoms with E-state index in [4.69, 9.17) is 9.47 Å². The molecule has 5 heteroatoms. The topological polar surface area (TPSA) is 47.6 Å². The minimum Gasteiger partial charge on any atom is -0.497 e. The van der Waals surface area contributed by atoms with Crippen LogP contribution in [0.5, 0.6) is 5.75 Å². The van der Waals surface area contributed by atoms with E-state index in [-0.39, 0.29) is 12.0 Å². The van der Waals surface area contributed by atoms with Gasteiger partial charge in [-0.3, -0.25) is 0 Å². The number of carbonyl (C=O) groups is 1. The van der Waals surface area contributed by atoms with Crippen LogP contribution in [0, 0.1) is 0 Å². The summed E-state index contributed by atoms with van der Waals surface area (Å²) in [4.78, 5) is 11.9. The van der Waals surface area contributed by atoms with E-state index >= 15 is 0 Å². The Hall–Kier alpha value is -1.23. The number of anilines is 1. The van der Waals surface area contributed by atoms with Crippen molar-refractivity contribution in [3.8, 4) is 5.75 Å². The van der Waals surface area contributed by atoms with E-state index in [0.29, 0.717) is 6.61 Å². The number of carbonyl (C=O) groups excluding carboxylic acids is 1. The van der Waals surface area contributed by atoms with Gasteiger partial charge in [-0.1, -0.05) is 13.3 Å². The Balaban J connectivity index is 2.86. The van der Waals surface area contributed by atoms with E-state index in [0.717, 1.165) is 28.8 Å². The Morgan fingerprint density at radius 1 is 1.42 bits per heavy atom. The molecule has 0 fully saturated rings. The Bertz CT molecular complexity index is 423. The summed E-state index contributed by atoms with van der Waals surface area (Å²) in [5.74, 6) is 0.517. The van der Waals surface area contributed by atoms with Crippen LogP contribution in [0.15, 0.2) is 22.7 Å². The van der Waals surface area contributed by atoms with Crippen LogP contribution < -0.4 is 10.1 Å². The molecule has 0 amide bonds. The zero-order valence-electron chi connectivity index (χ0n) is 11.5. The van der Waals surface area contributed by atoms with E-state index in [1.54, 1.807) is 7.11 Å². The van der Waals surface area contributed by atoms with Crippen molar-refractivity contribution in [1.82, 2.24) is 0 Å². The first kappa shape index (κ1) is 15.8. The summed E-state index contributed by atoms with van der Waals surface area (Å²) in [6.07, 6.45) is 1.63. The lowest BCUT2D eigenvalue weighted by Crippen LogP contribution is -2.31. The molecule has 106 valence electrons. The van der Waals surface area contributed by atoms with E-state index in [1.807, 2.05) is 32.0 Å². The van der Waals surface area contributed by atoms with Gasteiger partial charge in [0.15, 0.2) is 0 Å². The van der Waals surface area contributed by atoms with Gasteiger partial charge < -0.3 is 14.8 Å². The van der Waals surface area contributed by atoms with Crippen LogP contribution >= 0.6 is 15.9 Å². The number of benzene rings is 1. The molecular weight excluding hydrogens is 310 g/mol. The van der Waals surface area contributed by atoms with Crippen LogP contribution in [0.25, 0.3) is 0 Å². The van der Waals surface area contributed by atoms with Gasteiger partial charge in [-0.25, -0.2) is 4.79 Å². The highest BCUT2D eigenvalue weighted by atomic mass is 79.9. The van der Waals surface area contributed by atoms with Gasteiger partial charge in [-0.15, -0.1) is 0 Å². The lowest BCUT2D eigenvalue weighted by atomic mass is 10.1. The summed E-state index contributed by atoms with van der Waals surface area (Å²) >= 11 is 3.46. The third-order valence-corrected chi connectivity index (χ3v) is 3.34. The van der Waals surface area contributed by atoms with Crippen molar-refractivity contribution in [3.63, 3.8) is 0 Å². The van der Waals surface area contributed by atoms with Gasteiger partial charge in [0.2, 0.25) is 0 Å². The second-order valence-electron chi connectivity index (χ2n) is 4.08. The first-order valence-corrected chi connectivity index (χ1v) is 7.18. The Labute approximate surface area is 122 Å². The van der Waals surface area contributed by atoms with E-state index in [1.165, 1.54) is 0 Å². The summed E-state index contributed by atoms with van der Waals surface area (Å²) in [5, 5.41) is 3.21. The summed E-state index contributed by atoms with van der Waals surface area (Å²) in [5.41, 5.74) is 0.825. The Kier molecular flexibility index (Phi) is 6.70. The van der Waals surface area contributed by atoms with Gasteiger partial charge >= 0.3 is 5.97 Å². The molecule has 0 aliphatic rings. The molecule has 0 aliphatic heterocycles. The molecule has 0 aromatic heterocycles. The average Bonchev–Trinajstić information content (AvgIpc) is 2.40. The highest BCUT2D eigenvalue weighted by Crippen LogP contribution is 2.28. The minimum atomic E-state index is -0.339. The fourth-order valence-electron chi connectivity index (χ4n) is 1.71. The molecule has 19 heavy (non-hydrogen) atoms. The predicted octanol–water partition coefficient (Wildman–Crippen LogP) is 3.60. The molecule has 0 bridgehead atoms. The SMILES string of the molecule is CCCC(Nc1cc(OC)ccc1Br)C(=O)OCC. The highest BCUT2D eigenvalue weighted by Gasteiger charge is 2.19. The quantitative estimate of drug-likeness (QED) is 0.776. The maximum absolute atomic E-state index is 11.9. The van der Waals surface area contributed by atoms with E-state index < -0.39 is 0 Å². The summed E-state index contributed by atoms with van der Waals surface area (Å²) in [7, 11) is 1.61. The smallest absolute Gasteiger partial charge is 0.328 e. The van der Waals surface area contributed by atoms with Crippen molar-refractivity contribution in [2.45, 2.75) is 32.7 Å². The molecule has 1 aromatic rings. The molecule has 0 aliphatic carbocycles. The van der Waals surface area contributed by atoms with Crippen molar-refractivity contribution in [1.29, 1.82) is 0 Å².